The third kappa shape index (κ3) is 3.49. The standard InChI is InChI=1S/C21H26N2O3S/c1-16-7-3-4-8-17(16)15-23-13-11-18-19(12-14-23)26-20-9-5-6-10-21(20)27(24,25)22(18)2/h3-10,18-19H,11-15H2,1-2H3/t18-,19-/m0/s1. The van der Waals surface area contributed by atoms with Crippen molar-refractivity contribution in [3.8, 4) is 5.75 Å². The van der Waals surface area contributed by atoms with Crippen molar-refractivity contribution in [2.45, 2.75) is 43.4 Å². The fourth-order valence-corrected chi connectivity index (χ4v) is 5.64. The van der Waals surface area contributed by atoms with Crippen LogP contribution in [0, 0.1) is 6.92 Å². The number of sulfonamides is 1. The molecule has 0 aromatic heterocycles. The highest BCUT2D eigenvalue weighted by atomic mass is 32.2. The molecule has 2 aromatic rings. The van der Waals surface area contributed by atoms with E-state index in [0.717, 1.165) is 32.5 Å². The van der Waals surface area contributed by atoms with Crippen LogP contribution < -0.4 is 4.74 Å². The molecule has 1 saturated heterocycles. The second-order valence-electron chi connectivity index (χ2n) is 7.47. The van der Waals surface area contributed by atoms with E-state index in [-0.39, 0.29) is 17.0 Å². The van der Waals surface area contributed by atoms with Gasteiger partial charge in [-0.05, 0) is 43.0 Å². The molecule has 6 heteroatoms. The van der Waals surface area contributed by atoms with E-state index in [1.54, 1.807) is 25.2 Å². The molecule has 2 aliphatic rings. The summed E-state index contributed by atoms with van der Waals surface area (Å²) in [6.45, 7) is 4.78. The van der Waals surface area contributed by atoms with Crippen LogP contribution >= 0.6 is 0 Å². The van der Waals surface area contributed by atoms with Crippen LogP contribution in [0.4, 0.5) is 0 Å². The number of rotatable bonds is 2. The molecule has 0 N–H and O–H groups in total. The minimum absolute atomic E-state index is 0.129. The Morgan fingerprint density at radius 1 is 1.04 bits per heavy atom. The third-order valence-corrected chi connectivity index (χ3v) is 7.73. The number of ether oxygens (including phenoxy) is 1. The average molecular weight is 387 g/mol. The number of hydrogen-bond acceptors (Lipinski definition) is 4. The van der Waals surface area contributed by atoms with Crippen molar-refractivity contribution < 1.29 is 13.2 Å². The summed E-state index contributed by atoms with van der Waals surface area (Å²) in [6, 6.07) is 15.3. The monoisotopic (exact) mass is 386 g/mol. The molecule has 1 fully saturated rings. The molecule has 2 heterocycles. The zero-order valence-corrected chi connectivity index (χ0v) is 16.7. The first-order chi connectivity index (χ1) is 13.0. The first-order valence-electron chi connectivity index (χ1n) is 9.47. The third-order valence-electron chi connectivity index (χ3n) is 5.81. The SMILES string of the molecule is Cc1ccccc1CN1CC[C@@H]2Oc3ccccc3S(=O)(=O)N(C)[C@H]2CC1. The van der Waals surface area contributed by atoms with E-state index in [2.05, 4.69) is 36.1 Å². The maximum absolute atomic E-state index is 13.0. The van der Waals surface area contributed by atoms with Crippen LogP contribution in [0.2, 0.25) is 0 Å². The Balaban J connectivity index is 1.58. The first-order valence-corrected chi connectivity index (χ1v) is 10.9. The number of hydrogen-bond donors (Lipinski definition) is 0. The highest BCUT2D eigenvalue weighted by Gasteiger charge is 2.41. The minimum Gasteiger partial charge on any atom is -0.487 e. The van der Waals surface area contributed by atoms with Crippen molar-refractivity contribution in [3.63, 3.8) is 0 Å². The van der Waals surface area contributed by atoms with Gasteiger partial charge in [-0.2, -0.15) is 4.31 Å². The first kappa shape index (κ1) is 18.5. The van der Waals surface area contributed by atoms with Gasteiger partial charge in [0.1, 0.15) is 16.7 Å². The molecule has 0 spiro atoms. The summed E-state index contributed by atoms with van der Waals surface area (Å²) in [5, 5.41) is 0. The normalized spacial score (nSPS) is 25.6. The fourth-order valence-electron chi connectivity index (χ4n) is 4.11. The summed E-state index contributed by atoms with van der Waals surface area (Å²) in [5.74, 6) is 0.476. The van der Waals surface area contributed by atoms with Crippen LogP contribution in [0.25, 0.3) is 0 Å². The molecule has 5 nitrogen and oxygen atoms in total. The number of para-hydroxylation sites is 1. The van der Waals surface area contributed by atoms with E-state index in [0.29, 0.717) is 5.75 Å². The van der Waals surface area contributed by atoms with Crippen molar-refractivity contribution in [2.24, 2.45) is 0 Å². The molecule has 27 heavy (non-hydrogen) atoms. The molecule has 0 bridgehead atoms. The van der Waals surface area contributed by atoms with Gasteiger partial charge in [0.15, 0.2) is 0 Å². The van der Waals surface area contributed by atoms with Gasteiger partial charge in [0.25, 0.3) is 0 Å². The number of likely N-dealkylation sites (tertiary alicyclic amines) is 1. The zero-order chi connectivity index (χ0) is 19.0. The van der Waals surface area contributed by atoms with Crippen LogP contribution in [0.3, 0.4) is 0 Å². The Labute approximate surface area is 161 Å². The number of likely N-dealkylation sites (N-methyl/N-ethyl adjacent to an activating group) is 1. The summed E-state index contributed by atoms with van der Waals surface area (Å²) in [7, 11) is -1.85. The van der Waals surface area contributed by atoms with E-state index >= 15 is 0 Å². The van der Waals surface area contributed by atoms with Gasteiger partial charge in [-0.1, -0.05) is 36.4 Å². The molecular formula is C21H26N2O3S. The molecule has 2 aromatic carbocycles. The maximum atomic E-state index is 13.0. The Kier molecular flexibility index (Phi) is 4.97. The van der Waals surface area contributed by atoms with Gasteiger partial charge in [-0.15, -0.1) is 0 Å². The van der Waals surface area contributed by atoms with Gasteiger partial charge in [0.2, 0.25) is 10.0 Å². The lowest BCUT2D eigenvalue weighted by atomic mass is 10.1. The fraction of sp³-hybridized carbons (Fsp3) is 0.429. The van der Waals surface area contributed by atoms with Gasteiger partial charge in [0, 0.05) is 26.7 Å². The van der Waals surface area contributed by atoms with Gasteiger partial charge < -0.3 is 4.74 Å². The van der Waals surface area contributed by atoms with E-state index in [4.69, 9.17) is 4.74 Å². The summed E-state index contributed by atoms with van der Waals surface area (Å²) < 4.78 is 33.8. The average Bonchev–Trinajstić information content (AvgIpc) is 2.89. The molecule has 0 amide bonds. The topological polar surface area (TPSA) is 49.9 Å². The number of benzene rings is 2. The van der Waals surface area contributed by atoms with Crippen LogP contribution in [0.15, 0.2) is 53.4 Å². The molecule has 0 radical (unpaired) electrons. The second kappa shape index (κ2) is 7.26. The van der Waals surface area contributed by atoms with Crippen LogP contribution in [0.5, 0.6) is 5.75 Å². The molecule has 0 unspecified atom stereocenters. The van der Waals surface area contributed by atoms with Crippen LogP contribution in [-0.2, 0) is 16.6 Å². The second-order valence-corrected chi connectivity index (χ2v) is 9.44. The lowest BCUT2D eigenvalue weighted by molar-refractivity contribution is 0.122. The van der Waals surface area contributed by atoms with Crippen molar-refractivity contribution in [1.29, 1.82) is 0 Å². The van der Waals surface area contributed by atoms with Gasteiger partial charge >= 0.3 is 0 Å². The Hall–Kier alpha value is -1.89. The van der Waals surface area contributed by atoms with E-state index < -0.39 is 10.0 Å². The lowest BCUT2D eigenvalue weighted by Crippen LogP contribution is -2.44. The van der Waals surface area contributed by atoms with Crippen molar-refractivity contribution >= 4 is 10.0 Å². The van der Waals surface area contributed by atoms with Crippen LogP contribution in [0.1, 0.15) is 24.0 Å². The predicted octanol–water partition coefficient (Wildman–Crippen LogP) is 3.04. The Morgan fingerprint density at radius 2 is 1.74 bits per heavy atom. The number of aryl methyl sites for hydroxylation is 1. The minimum atomic E-state index is -3.54. The van der Waals surface area contributed by atoms with E-state index in [1.165, 1.54) is 15.4 Å². The molecule has 0 saturated carbocycles. The van der Waals surface area contributed by atoms with E-state index in [9.17, 15) is 8.42 Å². The van der Waals surface area contributed by atoms with Gasteiger partial charge in [0.05, 0.1) is 6.04 Å². The smallest absolute Gasteiger partial charge is 0.246 e. The quantitative estimate of drug-likeness (QED) is 0.796. The highest BCUT2D eigenvalue weighted by Crippen LogP contribution is 2.35. The lowest BCUT2D eigenvalue weighted by Gasteiger charge is -2.28. The molecule has 0 aliphatic carbocycles. The number of fused-ring (bicyclic) bond motifs is 2. The van der Waals surface area contributed by atoms with Crippen molar-refractivity contribution in [1.82, 2.24) is 9.21 Å². The van der Waals surface area contributed by atoms with Crippen molar-refractivity contribution in [3.05, 3.63) is 59.7 Å². The van der Waals surface area contributed by atoms with E-state index in [1.807, 2.05) is 6.07 Å². The predicted molar refractivity (Wildman–Crippen MR) is 105 cm³/mol. The van der Waals surface area contributed by atoms with Gasteiger partial charge in [-0.3, -0.25) is 4.90 Å². The summed E-state index contributed by atoms with van der Waals surface area (Å²) in [5.41, 5.74) is 2.62. The number of nitrogens with zero attached hydrogens (tertiary/aromatic N) is 2. The summed E-state index contributed by atoms with van der Waals surface area (Å²) >= 11 is 0. The highest BCUT2D eigenvalue weighted by molar-refractivity contribution is 7.89. The molecule has 4 rings (SSSR count). The molecular weight excluding hydrogens is 360 g/mol. The molecule has 2 atom stereocenters. The molecule has 144 valence electrons. The zero-order valence-electron chi connectivity index (χ0n) is 15.8. The largest absolute Gasteiger partial charge is 0.487 e. The maximum Gasteiger partial charge on any atom is 0.246 e. The Morgan fingerprint density at radius 3 is 2.56 bits per heavy atom. The van der Waals surface area contributed by atoms with Crippen LogP contribution in [-0.4, -0.2) is 49.9 Å². The van der Waals surface area contributed by atoms with Crippen molar-refractivity contribution in [2.75, 3.05) is 20.1 Å². The summed E-state index contributed by atoms with van der Waals surface area (Å²) in [4.78, 5) is 2.68. The Bertz CT molecular complexity index is 929. The summed E-state index contributed by atoms with van der Waals surface area (Å²) in [6.07, 6.45) is 1.45. The van der Waals surface area contributed by atoms with Gasteiger partial charge in [-0.25, -0.2) is 8.42 Å². The molecule has 2 aliphatic heterocycles.